The van der Waals surface area contributed by atoms with Gasteiger partial charge in [-0.15, -0.1) is 0 Å². The highest BCUT2D eigenvalue weighted by atomic mass is 16.5. The molecule has 1 heterocycles. The summed E-state index contributed by atoms with van der Waals surface area (Å²) < 4.78 is 5.02. The summed E-state index contributed by atoms with van der Waals surface area (Å²) in [5, 5.41) is 0. The number of hydrogen-bond acceptors (Lipinski definition) is 2. The summed E-state index contributed by atoms with van der Waals surface area (Å²) in [6.07, 6.45) is 1.07. The minimum atomic E-state index is -0.252. The summed E-state index contributed by atoms with van der Waals surface area (Å²) in [6.45, 7) is 10.6. The number of nitrogens with one attached hydrogen (secondary N) is 1. The molecule has 0 amide bonds. The lowest BCUT2D eigenvalue weighted by molar-refractivity contribution is 0.0519. The van der Waals surface area contributed by atoms with Crippen molar-refractivity contribution in [1.82, 2.24) is 4.98 Å². The highest BCUT2D eigenvalue weighted by Gasteiger charge is 2.20. The molecule has 1 atom stereocenters. The van der Waals surface area contributed by atoms with Crippen LogP contribution in [-0.4, -0.2) is 17.6 Å². The average molecular weight is 223 g/mol. The van der Waals surface area contributed by atoms with Crippen LogP contribution in [0.15, 0.2) is 0 Å². The Morgan fingerprint density at radius 1 is 1.38 bits per heavy atom. The van der Waals surface area contributed by atoms with Crippen molar-refractivity contribution in [3.63, 3.8) is 0 Å². The number of ether oxygens (including phenoxy) is 1. The van der Waals surface area contributed by atoms with E-state index in [2.05, 4.69) is 18.8 Å². The van der Waals surface area contributed by atoms with Crippen molar-refractivity contribution in [1.29, 1.82) is 0 Å². The Balaban J connectivity index is 3.11. The van der Waals surface area contributed by atoms with Crippen LogP contribution in [0.25, 0.3) is 0 Å². The van der Waals surface area contributed by atoms with Crippen molar-refractivity contribution >= 4 is 5.97 Å². The number of aromatic nitrogens is 1. The van der Waals surface area contributed by atoms with Crippen LogP contribution in [0.3, 0.4) is 0 Å². The molecule has 0 aliphatic carbocycles. The van der Waals surface area contributed by atoms with E-state index in [1.54, 1.807) is 0 Å². The van der Waals surface area contributed by atoms with E-state index >= 15 is 0 Å². The smallest absolute Gasteiger partial charge is 0.355 e. The Morgan fingerprint density at radius 2 is 2.00 bits per heavy atom. The second-order valence-corrected chi connectivity index (χ2v) is 4.19. The van der Waals surface area contributed by atoms with Crippen LogP contribution in [0.4, 0.5) is 0 Å². The minimum Gasteiger partial charge on any atom is -0.461 e. The van der Waals surface area contributed by atoms with Crippen LogP contribution in [-0.2, 0) is 4.74 Å². The number of aryl methyl sites for hydroxylation is 1. The van der Waals surface area contributed by atoms with Gasteiger partial charge in [0.1, 0.15) is 5.69 Å². The van der Waals surface area contributed by atoms with E-state index in [0.717, 1.165) is 17.7 Å². The van der Waals surface area contributed by atoms with E-state index in [1.165, 1.54) is 5.56 Å². The quantitative estimate of drug-likeness (QED) is 0.795. The summed E-state index contributed by atoms with van der Waals surface area (Å²) in [6, 6.07) is 0. The average Bonchev–Trinajstić information content (AvgIpc) is 2.54. The van der Waals surface area contributed by atoms with Crippen LogP contribution in [0.1, 0.15) is 60.4 Å². The minimum absolute atomic E-state index is 0.252. The van der Waals surface area contributed by atoms with Gasteiger partial charge in [0.05, 0.1) is 6.61 Å². The van der Waals surface area contributed by atoms with Crippen molar-refractivity contribution in [2.24, 2.45) is 0 Å². The number of H-pyrrole nitrogens is 1. The van der Waals surface area contributed by atoms with Crippen molar-refractivity contribution in [2.45, 2.75) is 47.0 Å². The van der Waals surface area contributed by atoms with Crippen LogP contribution in [0.5, 0.6) is 0 Å². The standard InChI is InChI=1S/C13H21NO2/c1-6-8(3)11-9(4)12(14-10(11)5)13(15)16-7-2/h8,14H,6-7H2,1-5H3. The molecule has 90 valence electrons. The molecule has 1 aromatic heterocycles. The number of rotatable bonds is 4. The highest BCUT2D eigenvalue weighted by molar-refractivity contribution is 5.89. The summed E-state index contributed by atoms with van der Waals surface area (Å²) in [5.74, 6) is 0.220. The maximum Gasteiger partial charge on any atom is 0.355 e. The van der Waals surface area contributed by atoms with Gasteiger partial charge in [0.2, 0.25) is 0 Å². The molecule has 0 aromatic carbocycles. The Labute approximate surface area is 97.2 Å². The topological polar surface area (TPSA) is 42.1 Å². The molecule has 1 unspecified atom stereocenters. The molecule has 0 fully saturated rings. The normalized spacial score (nSPS) is 12.6. The fraction of sp³-hybridized carbons (Fsp3) is 0.615. The lowest BCUT2D eigenvalue weighted by Gasteiger charge is -2.09. The third kappa shape index (κ3) is 2.29. The molecule has 0 aliphatic rings. The summed E-state index contributed by atoms with van der Waals surface area (Å²) in [5.41, 5.74) is 3.97. The molecule has 0 radical (unpaired) electrons. The predicted octanol–water partition coefficient (Wildman–Crippen LogP) is 3.32. The van der Waals surface area contributed by atoms with Crippen LogP contribution >= 0.6 is 0 Å². The monoisotopic (exact) mass is 223 g/mol. The van der Waals surface area contributed by atoms with E-state index in [1.807, 2.05) is 20.8 Å². The van der Waals surface area contributed by atoms with Gasteiger partial charge in [-0.2, -0.15) is 0 Å². The third-order valence-corrected chi connectivity index (χ3v) is 3.08. The van der Waals surface area contributed by atoms with Crippen LogP contribution < -0.4 is 0 Å². The van der Waals surface area contributed by atoms with E-state index in [-0.39, 0.29) is 5.97 Å². The fourth-order valence-corrected chi connectivity index (χ4v) is 2.12. The van der Waals surface area contributed by atoms with Crippen molar-refractivity contribution in [3.05, 3.63) is 22.5 Å². The zero-order valence-electron chi connectivity index (χ0n) is 10.8. The van der Waals surface area contributed by atoms with Gasteiger partial charge in [-0.25, -0.2) is 4.79 Å². The van der Waals surface area contributed by atoms with Crippen molar-refractivity contribution in [2.75, 3.05) is 6.61 Å². The number of aromatic amines is 1. The fourth-order valence-electron chi connectivity index (χ4n) is 2.12. The van der Waals surface area contributed by atoms with Crippen LogP contribution in [0.2, 0.25) is 0 Å². The zero-order chi connectivity index (χ0) is 12.3. The highest BCUT2D eigenvalue weighted by Crippen LogP contribution is 2.28. The van der Waals surface area contributed by atoms with Gasteiger partial charge in [-0.1, -0.05) is 13.8 Å². The molecule has 1 aromatic rings. The Kier molecular flexibility index (Phi) is 4.16. The number of carbonyl (C=O) groups excluding carboxylic acids is 1. The lowest BCUT2D eigenvalue weighted by atomic mass is 9.95. The predicted molar refractivity (Wildman–Crippen MR) is 64.9 cm³/mol. The van der Waals surface area contributed by atoms with Gasteiger partial charge >= 0.3 is 5.97 Å². The van der Waals surface area contributed by atoms with E-state index in [4.69, 9.17) is 4.74 Å². The van der Waals surface area contributed by atoms with Crippen molar-refractivity contribution in [3.8, 4) is 0 Å². The van der Waals surface area contributed by atoms with E-state index < -0.39 is 0 Å². The largest absolute Gasteiger partial charge is 0.461 e. The first kappa shape index (κ1) is 12.8. The van der Waals surface area contributed by atoms with Crippen LogP contribution in [0, 0.1) is 13.8 Å². The molecule has 0 spiro atoms. The van der Waals surface area contributed by atoms with Gasteiger partial charge in [-0.3, -0.25) is 0 Å². The molecule has 0 aliphatic heterocycles. The molecular formula is C13H21NO2. The summed E-state index contributed by atoms with van der Waals surface area (Å²) in [4.78, 5) is 14.8. The molecule has 16 heavy (non-hydrogen) atoms. The first-order valence-electron chi connectivity index (χ1n) is 5.89. The summed E-state index contributed by atoms with van der Waals surface area (Å²) in [7, 11) is 0. The van der Waals surface area contributed by atoms with Gasteiger partial charge in [-0.05, 0) is 44.2 Å². The third-order valence-electron chi connectivity index (χ3n) is 3.08. The molecule has 1 rings (SSSR count). The molecular weight excluding hydrogens is 202 g/mol. The molecule has 0 bridgehead atoms. The maximum atomic E-state index is 11.7. The van der Waals surface area contributed by atoms with Gasteiger partial charge in [0.15, 0.2) is 0 Å². The molecule has 3 heteroatoms. The van der Waals surface area contributed by atoms with Gasteiger partial charge in [0, 0.05) is 5.69 Å². The molecule has 1 N–H and O–H groups in total. The molecule has 0 saturated carbocycles. The van der Waals surface area contributed by atoms with Crippen molar-refractivity contribution < 1.29 is 9.53 Å². The maximum absolute atomic E-state index is 11.7. The molecule has 3 nitrogen and oxygen atoms in total. The number of carbonyl (C=O) groups is 1. The van der Waals surface area contributed by atoms with E-state index in [9.17, 15) is 4.79 Å². The Bertz CT molecular complexity index is 380. The lowest BCUT2D eigenvalue weighted by Crippen LogP contribution is -2.07. The summed E-state index contributed by atoms with van der Waals surface area (Å²) >= 11 is 0. The Morgan fingerprint density at radius 3 is 2.50 bits per heavy atom. The SMILES string of the molecule is CCOC(=O)c1[nH]c(C)c(C(C)CC)c1C. The first-order valence-corrected chi connectivity index (χ1v) is 5.89. The van der Waals surface area contributed by atoms with E-state index in [0.29, 0.717) is 18.2 Å². The number of esters is 1. The zero-order valence-corrected chi connectivity index (χ0v) is 10.8. The molecule has 0 saturated heterocycles. The second-order valence-electron chi connectivity index (χ2n) is 4.19. The van der Waals surface area contributed by atoms with Gasteiger partial charge in [0.25, 0.3) is 0 Å². The van der Waals surface area contributed by atoms with Gasteiger partial charge < -0.3 is 9.72 Å². The Hall–Kier alpha value is -1.25. The number of hydrogen-bond donors (Lipinski definition) is 1. The first-order chi connectivity index (χ1) is 7.52. The second kappa shape index (κ2) is 5.19.